The zero-order valence-electron chi connectivity index (χ0n) is 16.0. The molecule has 148 valence electrons. The van der Waals surface area contributed by atoms with E-state index in [1.165, 1.54) is 49.9 Å². The second-order valence-corrected chi connectivity index (χ2v) is 7.93. The number of aromatic nitrogens is 1. The number of esters is 2. The van der Waals surface area contributed by atoms with E-state index in [1.54, 1.807) is 0 Å². The van der Waals surface area contributed by atoms with E-state index in [1.807, 2.05) is 0 Å². The highest BCUT2D eigenvalue weighted by Gasteiger charge is 2.30. The van der Waals surface area contributed by atoms with Crippen LogP contribution in [0.4, 0.5) is 5.00 Å². The molecule has 0 saturated carbocycles. The van der Waals surface area contributed by atoms with Crippen LogP contribution in [0, 0.1) is 5.92 Å². The number of nitrogens with zero attached hydrogens (tertiary/aromatic N) is 1. The van der Waals surface area contributed by atoms with Crippen LogP contribution in [0.5, 0.6) is 0 Å². The maximum absolute atomic E-state index is 12.6. The van der Waals surface area contributed by atoms with Crippen molar-refractivity contribution in [2.45, 2.75) is 39.2 Å². The van der Waals surface area contributed by atoms with Crippen LogP contribution in [0.25, 0.3) is 0 Å². The molecular weight excluding hydrogens is 380 g/mol. The molecule has 0 aliphatic heterocycles. The van der Waals surface area contributed by atoms with Crippen molar-refractivity contribution in [1.82, 2.24) is 4.98 Å². The molecule has 0 spiro atoms. The summed E-state index contributed by atoms with van der Waals surface area (Å²) >= 11 is 1.39. The maximum Gasteiger partial charge on any atom is 0.341 e. The molecular formula is C20H22N2O5S. The minimum absolute atomic E-state index is 0.311. The van der Waals surface area contributed by atoms with Crippen molar-refractivity contribution in [3.63, 3.8) is 0 Å². The molecule has 0 bridgehead atoms. The van der Waals surface area contributed by atoms with E-state index < -0.39 is 23.9 Å². The number of amides is 1. The Labute approximate surface area is 167 Å². The van der Waals surface area contributed by atoms with Gasteiger partial charge in [-0.25, -0.2) is 9.59 Å². The maximum atomic E-state index is 12.6. The third kappa shape index (κ3) is 4.22. The number of fused-ring (bicyclic) bond motifs is 1. The van der Waals surface area contributed by atoms with Crippen LogP contribution in [-0.2, 0) is 27.1 Å². The van der Waals surface area contributed by atoms with Crippen molar-refractivity contribution in [2.75, 3.05) is 12.4 Å². The van der Waals surface area contributed by atoms with Crippen molar-refractivity contribution in [3.05, 3.63) is 46.1 Å². The van der Waals surface area contributed by atoms with Crippen LogP contribution >= 0.6 is 11.3 Å². The fourth-order valence-electron chi connectivity index (χ4n) is 3.14. The van der Waals surface area contributed by atoms with Crippen LogP contribution in [-0.4, -0.2) is 36.0 Å². The van der Waals surface area contributed by atoms with Gasteiger partial charge in [-0.1, -0.05) is 6.92 Å². The van der Waals surface area contributed by atoms with Gasteiger partial charge in [0.1, 0.15) is 5.00 Å². The molecule has 7 nitrogen and oxygen atoms in total. The normalized spacial score (nSPS) is 16.6. The van der Waals surface area contributed by atoms with Crippen molar-refractivity contribution in [2.24, 2.45) is 5.92 Å². The van der Waals surface area contributed by atoms with Crippen molar-refractivity contribution in [1.29, 1.82) is 0 Å². The molecule has 0 radical (unpaired) electrons. The van der Waals surface area contributed by atoms with Gasteiger partial charge in [-0.3, -0.25) is 9.78 Å². The molecule has 1 aliphatic rings. The Morgan fingerprint density at radius 3 is 2.64 bits per heavy atom. The minimum Gasteiger partial charge on any atom is -0.465 e. The van der Waals surface area contributed by atoms with E-state index in [-0.39, 0.29) is 0 Å². The van der Waals surface area contributed by atoms with Crippen LogP contribution in [0.3, 0.4) is 0 Å². The largest absolute Gasteiger partial charge is 0.465 e. The summed E-state index contributed by atoms with van der Waals surface area (Å²) in [4.78, 5) is 41.9. The van der Waals surface area contributed by atoms with E-state index in [4.69, 9.17) is 9.47 Å². The number of anilines is 1. The highest BCUT2D eigenvalue weighted by molar-refractivity contribution is 7.17. The summed E-state index contributed by atoms with van der Waals surface area (Å²) in [6.07, 6.45) is 4.56. The molecule has 1 aliphatic carbocycles. The summed E-state index contributed by atoms with van der Waals surface area (Å²) in [5.41, 5.74) is 1.67. The summed E-state index contributed by atoms with van der Waals surface area (Å²) in [6.45, 7) is 3.65. The van der Waals surface area contributed by atoms with E-state index in [2.05, 4.69) is 17.2 Å². The number of hydrogen-bond donors (Lipinski definition) is 1. The third-order valence-electron chi connectivity index (χ3n) is 4.71. The van der Waals surface area contributed by atoms with Crippen molar-refractivity contribution < 1.29 is 23.9 Å². The number of thiophene rings is 1. The van der Waals surface area contributed by atoms with Crippen LogP contribution in [0.1, 0.15) is 51.4 Å². The van der Waals surface area contributed by atoms with Gasteiger partial charge in [-0.15, -0.1) is 11.3 Å². The molecule has 8 heteroatoms. The van der Waals surface area contributed by atoms with Gasteiger partial charge in [-0.2, -0.15) is 0 Å². The molecule has 2 atom stereocenters. The molecule has 28 heavy (non-hydrogen) atoms. The Morgan fingerprint density at radius 1 is 1.25 bits per heavy atom. The van der Waals surface area contributed by atoms with Gasteiger partial charge in [0.15, 0.2) is 6.10 Å². The van der Waals surface area contributed by atoms with Crippen LogP contribution in [0.2, 0.25) is 0 Å². The number of carbonyl (C=O) groups excluding carboxylic acids is 3. The summed E-state index contributed by atoms with van der Waals surface area (Å²) < 4.78 is 10.1. The van der Waals surface area contributed by atoms with E-state index in [0.717, 1.165) is 29.7 Å². The Kier molecular flexibility index (Phi) is 6.08. The van der Waals surface area contributed by atoms with E-state index in [0.29, 0.717) is 22.0 Å². The lowest BCUT2D eigenvalue weighted by Crippen LogP contribution is -2.30. The van der Waals surface area contributed by atoms with Gasteiger partial charge in [0.25, 0.3) is 5.91 Å². The van der Waals surface area contributed by atoms with Gasteiger partial charge in [-0.05, 0) is 49.8 Å². The first kappa shape index (κ1) is 20.0. The summed E-state index contributed by atoms with van der Waals surface area (Å²) in [7, 11) is 1.32. The second kappa shape index (κ2) is 8.52. The lowest BCUT2D eigenvalue weighted by atomic mass is 9.88. The van der Waals surface area contributed by atoms with Crippen LogP contribution < -0.4 is 5.32 Å². The molecule has 1 N–H and O–H groups in total. The monoisotopic (exact) mass is 402 g/mol. The predicted molar refractivity (Wildman–Crippen MR) is 105 cm³/mol. The Bertz CT molecular complexity index is 894. The fraction of sp³-hybridized carbons (Fsp3) is 0.400. The molecule has 0 fully saturated rings. The summed E-state index contributed by atoms with van der Waals surface area (Å²) in [5, 5.41) is 3.19. The SMILES string of the molecule is COC(=O)c1c(NC(=O)C(C)OC(=O)c2ccncc2)sc2c1CCC(C)C2. The predicted octanol–water partition coefficient (Wildman–Crippen LogP) is 3.24. The van der Waals surface area contributed by atoms with Gasteiger partial charge in [0, 0.05) is 17.3 Å². The number of methoxy groups -OCH3 is 1. The number of rotatable bonds is 5. The average molecular weight is 402 g/mol. The lowest BCUT2D eigenvalue weighted by Gasteiger charge is -2.18. The molecule has 2 aromatic heterocycles. The minimum atomic E-state index is -1.02. The Hall–Kier alpha value is -2.74. The number of hydrogen-bond acceptors (Lipinski definition) is 7. The van der Waals surface area contributed by atoms with Crippen molar-refractivity contribution in [3.8, 4) is 0 Å². The highest BCUT2D eigenvalue weighted by Crippen LogP contribution is 2.40. The molecule has 0 aromatic carbocycles. The first-order chi connectivity index (χ1) is 13.4. The number of pyridine rings is 1. The zero-order valence-corrected chi connectivity index (χ0v) is 16.8. The third-order valence-corrected chi connectivity index (χ3v) is 5.88. The average Bonchev–Trinajstić information content (AvgIpc) is 3.04. The molecule has 1 amide bonds. The molecule has 2 unspecified atom stereocenters. The van der Waals surface area contributed by atoms with Gasteiger partial charge in [0.05, 0.1) is 18.2 Å². The smallest absolute Gasteiger partial charge is 0.341 e. The molecule has 2 aromatic rings. The molecule has 3 rings (SSSR count). The fourth-order valence-corrected chi connectivity index (χ4v) is 4.54. The Morgan fingerprint density at radius 2 is 1.96 bits per heavy atom. The number of carbonyl (C=O) groups is 3. The Balaban J connectivity index is 1.76. The van der Waals surface area contributed by atoms with Gasteiger partial charge in [0.2, 0.25) is 0 Å². The quantitative estimate of drug-likeness (QED) is 0.772. The zero-order chi connectivity index (χ0) is 20.3. The molecule has 2 heterocycles. The van der Waals surface area contributed by atoms with Gasteiger partial charge >= 0.3 is 11.9 Å². The first-order valence-corrected chi connectivity index (χ1v) is 9.87. The van der Waals surface area contributed by atoms with E-state index >= 15 is 0 Å². The van der Waals surface area contributed by atoms with E-state index in [9.17, 15) is 14.4 Å². The van der Waals surface area contributed by atoms with Crippen molar-refractivity contribution >= 4 is 34.2 Å². The standard InChI is InChI=1S/C20H22N2O5S/c1-11-4-5-14-15(10-11)28-18(16(14)20(25)26-3)22-17(23)12(2)27-19(24)13-6-8-21-9-7-13/h6-9,11-12H,4-5,10H2,1-3H3,(H,22,23). The number of nitrogens with one attached hydrogen (secondary N) is 1. The highest BCUT2D eigenvalue weighted by atomic mass is 32.1. The topological polar surface area (TPSA) is 94.6 Å². The summed E-state index contributed by atoms with van der Waals surface area (Å²) in [6, 6.07) is 3.02. The second-order valence-electron chi connectivity index (χ2n) is 6.82. The molecule has 0 saturated heterocycles. The van der Waals surface area contributed by atoms with Crippen LogP contribution in [0.15, 0.2) is 24.5 Å². The lowest BCUT2D eigenvalue weighted by molar-refractivity contribution is -0.123. The summed E-state index contributed by atoms with van der Waals surface area (Å²) in [5.74, 6) is -1.05. The first-order valence-electron chi connectivity index (χ1n) is 9.05. The number of ether oxygens (including phenoxy) is 2. The van der Waals surface area contributed by atoms with Gasteiger partial charge < -0.3 is 14.8 Å².